The first-order valence-corrected chi connectivity index (χ1v) is 12.3. The first-order valence-electron chi connectivity index (χ1n) is 12.3. The van der Waals surface area contributed by atoms with Crippen LogP contribution in [-0.4, -0.2) is 17.9 Å². The van der Waals surface area contributed by atoms with E-state index < -0.39 is 0 Å². The van der Waals surface area contributed by atoms with Crippen molar-refractivity contribution in [1.29, 1.82) is 0 Å². The summed E-state index contributed by atoms with van der Waals surface area (Å²) in [5, 5.41) is 0. The first-order chi connectivity index (χ1) is 13.9. The van der Waals surface area contributed by atoms with Gasteiger partial charge in [-0.25, -0.2) is 0 Å². The van der Waals surface area contributed by atoms with Gasteiger partial charge in [0.05, 0.1) is 0 Å². The molecule has 0 aromatic carbocycles. The molecule has 4 aliphatic carbocycles. The van der Waals surface area contributed by atoms with Crippen LogP contribution in [0.3, 0.4) is 0 Å². The summed E-state index contributed by atoms with van der Waals surface area (Å²) in [5.41, 5.74) is 1.82. The molecule has 0 amide bonds. The first kappa shape index (κ1) is 21.1. The molecule has 0 aromatic rings. The highest BCUT2D eigenvalue weighted by molar-refractivity contribution is 5.91. The second-order valence-electron chi connectivity index (χ2n) is 10.9. The summed E-state index contributed by atoms with van der Waals surface area (Å²) in [6, 6.07) is 0. The Morgan fingerprint density at radius 1 is 1.03 bits per heavy atom. The van der Waals surface area contributed by atoms with Gasteiger partial charge >= 0.3 is 5.97 Å². The van der Waals surface area contributed by atoms with Crippen LogP contribution in [0.15, 0.2) is 11.6 Å². The molecular weight excluding hydrogens is 360 g/mol. The van der Waals surface area contributed by atoms with E-state index in [1.54, 1.807) is 0 Å². The van der Waals surface area contributed by atoms with E-state index in [0.717, 1.165) is 44.4 Å². The standard InChI is InChI=1S/C26H40O3/c1-4-5-6-7-8-24(28)29-23-12-11-21-20-10-9-18-17-19(27)13-15-25(18,2)22(20)14-16-26(21,23)3/h17,20-23H,4-16H2,1-3H3/t20?,21?,22?,23?,25-,26-/m0/s1. The maximum Gasteiger partial charge on any atom is 0.306 e. The van der Waals surface area contributed by atoms with Gasteiger partial charge in [-0.05, 0) is 80.6 Å². The largest absolute Gasteiger partial charge is 0.462 e. The Bertz CT molecular complexity index is 679. The van der Waals surface area contributed by atoms with Gasteiger partial charge in [-0.3, -0.25) is 9.59 Å². The molecule has 4 rings (SSSR count). The molecule has 0 N–H and O–H groups in total. The minimum Gasteiger partial charge on any atom is -0.462 e. The lowest BCUT2D eigenvalue weighted by atomic mass is 9.47. The number of ether oxygens (including phenoxy) is 1. The van der Waals surface area contributed by atoms with Crippen LogP contribution in [0.25, 0.3) is 0 Å². The number of allylic oxidation sites excluding steroid dienone is 1. The van der Waals surface area contributed by atoms with E-state index in [9.17, 15) is 9.59 Å². The minimum atomic E-state index is 0.0294. The third kappa shape index (κ3) is 3.72. The van der Waals surface area contributed by atoms with Gasteiger partial charge in [0.15, 0.2) is 5.78 Å². The fourth-order valence-electron chi connectivity index (χ4n) is 7.62. The Kier molecular flexibility index (Phi) is 5.97. The molecule has 0 heterocycles. The molecule has 0 radical (unpaired) electrons. The SMILES string of the molecule is CCCCCCC(=O)OC1CCC2C3CCC4=CC(=O)CC[C@]4(C)C3CC[C@]12C. The highest BCUT2D eigenvalue weighted by atomic mass is 16.5. The molecule has 4 unspecified atom stereocenters. The molecule has 162 valence electrons. The summed E-state index contributed by atoms with van der Waals surface area (Å²) in [7, 11) is 0. The molecule has 3 fully saturated rings. The molecular formula is C26H40O3. The Morgan fingerprint density at radius 3 is 2.66 bits per heavy atom. The maximum atomic E-state index is 12.5. The predicted octanol–water partition coefficient (Wildman–Crippen LogP) is 6.40. The number of carbonyl (C=O) groups is 2. The van der Waals surface area contributed by atoms with Crippen molar-refractivity contribution < 1.29 is 14.3 Å². The van der Waals surface area contributed by atoms with Crippen LogP contribution in [0, 0.1) is 28.6 Å². The van der Waals surface area contributed by atoms with Crippen LogP contribution in [0.1, 0.15) is 104 Å². The molecule has 3 nitrogen and oxygen atoms in total. The zero-order valence-corrected chi connectivity index (χ0v) is 18.8. The molecule has 3 heteroatoms. The van der Waals surface area contributed by atoms with Gasteiger partial charge < -0.3 is 4.74 Å². The second kappa shape index (κ2) is 8.19. The number of unbranched alkanes of at least 4 members (excludes halogenated alkanes) is 3. The lowest BCUT2D eigenvalue weighted by molar-refractivity contribution is -0.160. The minimum absolute atomic E-state index is 0.0294. The number of hydrogen-bond donors (Lipinski definition) is 0. The summed E-state index contributed by atoms with van der Waals surface area (Å²) in [6.45, 7) is 7.05. The maximum absolute atomic E-state index is 12.5. The van der Waals surface area contributed by atoms with Gasteiger partial charge in [0.1, 0.15) is 6.10 Å². The normalized spacial score (nSPS) is 41.2. The molecule has 4 aliphatic rings. The Labute approximate surface area is 177 Å². The zero-order valence-electron chi connectivity index (χ0n) is 18.8. The summed E-state index contributed by atoms with van der Waals surface area (Å²) in [5.74, 6) is 2.48. The van der Waals surface area contributed by atoms with E-state index >= 15 is 0 Å². The molecule has 0 saturated heterocycles. The molecule has 0 bridgehead atoms. The van der Waals surface area contributed by atoms with Crippen LogP contribution in [-0.2, 0) is 14.3 Å². The summed E-state index contributed by atoms with van der Waals surface area (Å²) in [4.78, 5) is 24.5. The quantitative estimate of drug-likeness (QED) is 0.383. The van der Waals surface area contributed by atoms with Crippen LogP contribution < -0.4 is 0 Å². The summed E-state index contributed by atoms with van der Waals surface area (Å²) in [6.07, 6.45) is 15.9. The number of fused-ring (bicyclic) bond motifs is 5. The summed E-state index contributed by atoms with van der Waals surface area (Å²) < 4.78 is 6.09. The Morgan fingerprint density at radius 2 is 1.86 bits per heavy atom. The number of carbonyl (C=O) groups excluding carboxylic acids is 2. The topological polar surface area (TPSA) is 43.4 Å². The van der Waals surface area contributed by atoms with Gasteiger partial charge in [0.2, 0.25) is 0 Å². The molecule has 3 saturated carbocycles. The van der Waals surface area contributed by atoms with Crippen molar-refractivity contribution in [3.05, 3.63) is 11.6 Å². The van der Waals surface area contributed by atoms with Crippen molar-refractivity contribution in [2.45, 2.75) is 110 Å². The molecule has 0 spiro atoms. The average Bonchev–Trinajstić information content (AvgIpc) is 3.02. The molecule has 0 aliphatic heterocycles. The van der Waals surface area contributed by atoms with Gasteiger partial charge in [-0.2, -0.15) is 0 Å². The van der Waals surface area contributed by atoms with E-state index in [1.807, 2.05) is 6.08 Å². The van der Waals surface area contributed by atoms with E-state index in [4.69, 9.17) is 4.74 Å². The molecule has 6 atom stereocenters. The lowest BCUT2D eigenvalue weighted by Gasteiger charge is -2.57. The van der Waals surface area contributed by atoms with Gasteiger partial charge in [0.25, 0.3) is 0 Å². The Balaban J connectivity index is 1.43. The Hall–Kier alpha value is -1.12. The predicted molar refractivity (Wildman–Crippen MR) is 115 cm³/mol. The fraction of sp³-hybridized carbons (Fsp3) is 0.846. The van der Waals surface area contributed by atoms with Crippen molar-refractivity contribution in [2.24, 2.45) is 28.6 Å². The van der Waals surface area contributed by atoms with Crippen LogP contribution >= 0.6 is 0 Å². The fourth-order valence-corrected chi connectivity index (χ4v) is 7.62. The van der Waals surface area contributed by atoms with Crippen LogP contribution in [0.2, 0.25) is 0 Å². The second-order valence-corrected chi connectivity index (χ2v) is 10.9. The van der Waals surface area contributed by atoms with E-state index in [1.165, 1.54) is 44.1 Å². The monoisotopic (exact) mass is 400 g/mol. The zero-order chi connectivity index (χ0) is 20.6. The lowest BCUT2D eigenvalue weighted by Crippen LogP contribution is -2.51. The van der Waals surface area contributed by atoms with Gasteiger partial charge in [0, 0.05) is 18.3 Å². The third-order valence-corrected chi connectivity index (χ3v) is 9.38. The van der Waals surface area contributed by atoms with E-state index in [2.05, 4.69) is 20.8 Å². The van der Waals surface area contributed by atoms with Crippen molar-refractivity contribution in [3.63, 3.8) is 0 Å². The van der Waals surface area contributed by atoms with Crippen LogP contribution in [0.4, 0.5) is 0 Å². The number of ketones is 1. The number of rotatable bonds is 6. The van der Waals surface area contributed by atoms with E-state index in [-0.39, 0.29) is 22.9 Å². The third-order valence-electron chi connectivity index (χ3n) is 9.38. The van der Waals surface area contributed by atoms with Crippen molar-refractivity contribution in [1.82, 2.24) is 0 Å². The average molecular weight is 401 g/mol. The number of hydrogen-bond acceptors (Lipinski definition) is 3. The van der Waals surface area contributed by atoms with E-state index in [0.29, 0.717) is 24.0 Å². The smallest absolute Gasteiger partial charge is 0.306 e. The highest BCUT2D eigenvalue weighted by Gasteiger charge is 2.59. The van der Waals surface area contributed by atoms with Gasteiger partial charge in [-0.15, -0.1) is 0 Å². The number of esters is 1. The highest BCUT2D eigenvalue weighted by Crippen LogP contribution is 2.65. The van der Waals surface area contributed by atoms with Crippen molar-refractivity contribution in [3.8, 4) is 0 Å². The van der Waals surface area contributed by atoms with Crippen molar-refractivity contribution in [2.75, 3.05) is 0 Å². The summed E-state index contributed by atoms with van der Waals surface area (Å²) >= 11 is 0. The molecule has 29 heavy (non-hydrogen) atoms. The van der Waals surface area contributed by atoms with Gasteiger partial charge in [-0.1, -0.05) is 45.6 Å². The van der Waals surface area contributed by atoms with Crippen LogP contribution in [0.5, 0.6) is 0 Å². The van der Waals surface area contributed by atoms with Crippen molar-refractivity contribution >= 4 is 11.8 Å². The molecule has 0 aromatic heterocycles.